The third kappa shape index (κ3) is 4.13. The highest BCUT2D eigenvalue weighted by atomic mass is 19.3. The lowest BCUT2D eigenvalue weighted by Gasteiger charge is -2.14. The molecule has 0 aliphatic rings. The van der Waals surface area contributed by atoms with Crippen molar-refractivity contribution in [2.24, 2.45) is 0 Å². The number of rotatable bonds is 5. The van der Waals surface area contributed by atoms with Crippen LogP contribution >= 0.6 is 0 Å². The topological polar surface area (TPSA) is 63.2 Å². The van der Waals surface area contributed by atoms with Gasteiger partial charge in [0.05, 0.1) is 6.26 Å². The fourth-order valence-electron chi connectivity index (χ4n) is 0.955. The number of carbonyl (C=O) groups excluding carboxylic acids is 1. The van der Waals surface area contributed by atoms with E-state index < -0.39 is 30.5 Å². The van der Waals surface area contributed by atoms with Crippen LogP contribution in [-0.4, -0.2) is 24.9 Å². The fourth-order valence-corrected chi connectivity index (χ4v) is 0.955. The zero-order chi connectivity index (χ0) is 14.5. The second kappa shape index (κ2) is 6.04. The van der Waals surface area contributed by atoms with Crippen LogP contribution in [0.5, 0.6) is 0 Å². The van der Waals surface area contributed by atoms with Gasteiger partial charge in [0.1, 0.15) is 17.4 Å². The first kappa shape index (κ1) is 14.8. The van der Waals surface area contributed by atoms with Crippen molar-refractivity contribution < 1.29 is 31.5 Å². The van der Waals surface area contributed by atoms with E-state index in [1.54, 1.807) is 0 Å². The van der Waals surface area contributed by atoms with Crippen LogP contribution in [0, 0.1) is 11.3 Å². The molecule has 0 spiro atoms. The second-order valence-electron chi connectivity index (χ2n) is 3.32. The molecular weight excluding hydrogens is 270 g/mol. The molecule has 0 aliphatic heterocycles. The van der Waals surface area contributed by atoms with Crippen molar-refractivity contribution in [2.45, 2.75) is 12.3 Å². The maximum absolute atomic E-state index is 12.5. The first-order valence-corrected chi connectivity index (χ1v) is 4.85. The molecule has 0 saturated carbocycles. The normalized spacial score (nSPS) is 12.3. The summed E-state index contributed by atoms with van der Waals surface area (Å²) in [7, 11) is 0. The Balaban J connectivity index is 2.69. The van der Waals surface area contributed by atoms with Crippen LogP contribution < -0.4 is 0 Å². The molecule has 1 aromatic heterocycles. The van der Waals surface area contributed by atoms with E-state index in [0.29, 0.717) is 0 Å². The highest BCUT2D eigenvalue weighted by molar-refractivity contribution is 5.97. The van der Waals surface area contributed by atoms with Crippen LogP contribution in [0.25, 0.3) is 6.08 Å². The molecule has 0 aliphatic carbocycles. The average Bonchev–Trinajstić information content (AvgIpc) is 2.85. The third-order valence-corrected chi connectivity index (χ3v) is 1.89. The Morgan fingerprint density at radius 1 is 1.58 bits per heavy atom. The van der Waals surface area contributed by atoms with E-state index in [2.05, 4.69) is 4.74 Å². The summed E-state index contributed by atoms with van der Waals surface area (Å²) in [6.45, 7) is -1.80. The van der Waals surface area contributed by atoms with Gasteiger partial charge in [0.15, 0.2) is 6.61 Å². The minimum atomic E-state index is -4.46. The minimum Gasteiger partial charge on any atom is -0.465 e. The standard InChI is InChI=1S/C11H7F4NO3/c12-10(13)11(14,15)6-19-9(17)7(5-16)4-8-2-1-3-18-8/h1-4,10H,6H2. The summed E-state index contributed by atoms with van der Waals surface area (Å²) in [5, 5.41) is 8.64. The van der Waals surface area contributed by atoms with Crippen molar-refractivity contribution in [3.8, 4) is 6.07 Å². The van der Waals surface area contributed by atoms with E-state index in [9.17, 15) is 22.4 Å². The number of nitriles is 1. The number of alkyl halides is 4. The molecule has 0 N–H and O–H groups in total. The summed E-state index contributed by atoms with van der Waals surface area (Å²) in [6.07, 6.45) is -1.75. The van der Waals surface area contributed by atoms with Crippen LogP contribution in [0.3, 0.4) is 0 Å². The summed E-state index contributed by atoms with van der Waals surface area (Å²) >= 11 is 0. The van der Waals surface area contributed by atoms with Crippen molar-refractivity contribution in [3.63, 3.8) is 0 Å². The maximum Gasteiger partial charge on any atom is 0.349 e. The van der Waals surface area contributed by atoms with Gasteiger partial charge in [-0.25, -0.2) is 13.6 Å². The molecule has 102 valence electrons. The molecule has 1 heterocycles. The van der Waals surface area contributed by atoms with Gasteiger partial charge < -0.3 is 9.15 Å². The number of carbonyl (C=O) groups is 1. The second-order valence-corrected chi connectivity index (χ2v) is 3.32. The monoisotopic (exact) mass is 277 g/mol. The van der Waals surface area contributed by atoms with Gasteiger partial charge in [-0.2, -0.15) is 14.0 Å². The van der Waals surface area contributed by atoms with Gasteiger partial charge in [-0.1, -0.05) is 0 Å². The number of hydrogen-bond acceptors (Lipinski definition) is 4. The summed E-state index contributed by atoms with van der Waals surface area (Å²) in [6, 6.07) is 4.27. The molecule has 0 atom stereocenters. The SMILES string of the molecule is N#CC(=Cc1ccco1)C(=O)OCC(F)(F)C(F)F. The molecule has 0 bridgehead atoms. The molecular formula is C11H7F4NO3. The van der Waals surface area contributed by atoms with Crippen LogP contribution in [0.1, 0.15) is 5.76 Å². The van der Waals surface area contributed by atoms with Gasteiger partial charge in [0.25, 0.3) is 0 Å². The number of furan rings is 1. The van der Waals surface area contributed by atoms with Crippen molar-refractivity contribution in [1.82, 2.24) is 0 Å². The Morgan fingerprint density at radius 2 is 2.26 bits per heavy atom. The number of hydrogen-bond donors (Lipinski definition) is 0. The molecule has 19 heavy (non-hydrogen) atoms. The average molecular weight is 277 g/mol. The van der Waals surface area contributed by atoms with Gasteiger partial charge >= 0.3 is 18.3 Å². The highest BCUT2D eigenvalue weighted by Gasteiger charge is 2.42. The van der Waals surface area contributed by atoms with Crippen LogP contribution in [0.4, 0.5) is 17.6 Å². The Bertz CT molecular complexity index is 503. The molecule has 8 heteroatoms. The van der Waals surface area contributed by atoms with Crippen molar-refractivity contribution in [3.05, 3.63) is 29.7 Å². The lowest BCUT2D eigenvalue weighted by atomic mass is 10.2. The van der Waals surface area contributed by atoms with Crippen molar-refractivity contribution in [1.29, 1.82) is 5.26 Å². The Labute approximate surface area is 104 Å². The molecule has 0 unspecified atom stereocenters. The predicted molar refractivity (Wildman–Crippen MR) is 54.2 cm³/mol. The van der Waals surface area contributed by atoms with Crippen molar-refractivity contribution in [2.75, 3.05) is 6.61 Å². The lowest BCUT2D eigenvalue weighted by Crippen LogP contribution is -2.33. The smallest absolute Gasteiger partial charge is 0.349 e. The zero-order valence-corrected chi connectivity index (χ0v) is 9.28. The Morgan fingerprint density at radius 3 is 2.74 bits per heavy atom. The van der Waals surface area contributed by atoms with Crippen LogP contribution in [-0.2, 0) is 9.53 Å². The lowest BCUT2D eigenvalue weighted by molar-refractivity contribution is -0.176. The zero-order valence-electron chi connectivity index (χ0n) is 9.28. The van der Waals surface area contributed by atoms with Gasteiger partial charge in [-0.15, -0.1) is 0 Å². The van der Waals surface area contributed by atoms with E-state index in [1.807, 2.05) is 0 Å². The fraction of sp³-hybridized carbons (Fsp3) is 0.273. The molecule has 0 radical (unpaired) electrons. The first-order valence-electron chi connectivity index (χ1n) is 4.85. The van der Waals surface area contributed by atoms with Crippen LogP contribution in [0.15, 0.2) is 28.4 Å². The summed E-state index contributed by atoms with van der Waals surface area (Å²) in [5.74, 6) is -5.77. The molecule has 4 nitrogen and oxygen atoms in total. The third-order valence-electron chi connectivity index (χ3n) is 1.89. The number of halogens is 4. The number of esters is 1. The quantitative estimate of drug-likeness (QED) is 0.359. The van der Waals surface area contributed by atoms with E-state index in [1.165, 1.54) is 24.5 Å². The van der Waals surface area contributed by atoms with Gasteiger partial charge in [0, 0.05) is 6.08 Å². The summed E-state index contributed by atoms with van der Waals surface area (Å²) in [4.78, 5) is 11.2. The minimum absolute atomic E-state index is 0.120. The predicted octanol–water partition coefficient (Wildman–Crippen LogP) is 2.63. The molecule has 1 rings (SSSR count). The highest BCUT2D eigenvalue weighted by Crippen LogP contribution is 2.23. The largest absolute Gasteiger partial charge is 0.465 e. The molecule has 0 saturated heterocycles. The van der Waals surface area contributed by atoms with Crippen LogP contribution in [0.2, 0.25) is 0 Å². The van der Waals surface area contributed by atoms with Crippen molar-refractivity contribution >= 4 is 12.0 Å². The summed E-state index contributed by atoms with van der Waals surface area (Å²) < 4.78 is 57.4. The first-order chi connectivity index (χ1) is 8.86. The molecule has 0 amide bonds. The molecule has 1 aromatic rings. The van der Waals surface area contributed by atoms with E-state index >= 15 is 0 Å². The number of ether oxygens (including phenoxy) is 1. The molecule has 0 fully saturated rings. The van der Waals surface area contributed by atoms with E-state index in [-0.39, 0.29) is 5.76 Å². The van der Waals surface area contributed by atoms with Gasteiger partial charge in [-0.05, 0) is 12.1 Å². The van der Waals surface area contributed by atoms with Gasteiger partial charge in [-0.3, -0.25) is 0 Å². The number of nitrogens with zero attached hydrogens (tertiary/aromatic N) is 1. The summed E-state index contributed by atoms with van der Waals surface area (Å²) in [5.41, 5.74) is -0.639. The van der Waals surface area contributed by atoms with E-state index in [0.717, 1.165) is 6.08 Å². The molecule has 0 aromatic carbocycles. The Kier molecular flexibility index (Phi) is 4.69. The Hall–Kier alpha value is -2.30. The maximum atomic E-state index is 12.5. The van der Waals surface area contributed by atoms with Gasteiger partial charge in [0.2, 0.25) is 0 Å². The van der Waals surface area contributed by atoms with E-state index in [4.69, 9.17) is 9.68 Å².